The summed E-state index contributed by atoms with van der Waals surface area (Å²) in [6.07, 6.45) is 0.510. The van der Waals surface area contributed by atoms with Gasteiger partial charge >= 0.3 is 0 Å². The minimum absolute atomic E-state index is 0.0205. The zero-order valence-corrected chi connectivity index (χ0v) is 13.1. The fraction of sp³-hybridized carbons (Fsp3) is 0.316. The summed E-state index contributed by atoms with van der Waals surface area (Å²) >= 11 is 0. The van der Waals surface area contributed by atoms with Crippen LogP contribution in [0.1, 0.15) is 42.0 Å². The van der Waals surface area contributed by atoms with Crippen LogP contribution in [0.5, 0.6) is 0 Å². The summed E-state index contributed by atoms with van der Waals surface area (Å²) in [5.74, 6) is -0.238. The van der Waals surface area contributed by atoms with Gasteiger partial charge in [0.25, 0.3) is 0 Å². The number of carbonyl (C=O) groups is 1. The summed E-state index contributed by atoms with van der Waals surface area (Å²) in [6, 6.07) is 17.6. The summed E-state index contributed by atoms with van der Waals surface area (Å²) in [5, 5.41) is 12.3. The van der Waals surface area contributed by atoms with E-state index in [9.17, 15) is 9.90 Å². The van der Waals surface area contributed by atoms with Gasteiger partial charge in [0.05, 0.1) is 12.0 Å². The van der Waals surface area contributed by atoms with E-state index in [-0.39, 0.29) is 24.5 Å². The Morgan fingerprint density at radius 3 is 2.41 bits per heavy atom. The Balaban J connectivity index is 2.11. The number of aliphatic hydroxyl groups is 1. The van der Waals surface area contributed by atoms with Crippen molar-refractivity contribution in [2.24, 2.45) is 0 Å². The predicted octanol–water partition coefficient (Wildman–Crippen LogP) is 3.34. The van der Waals surface area contributed by atoms with Crippen molar-refractivity contribution in [2.45, 2.75) is 32.2 Å². The SMILES string of the molecule is Cc1cccc(C(C)C(=O)NC(CCO)c2ccccc2)c1. The lowest BCUT2D eigenvalue weighted by molar-refractivity contribution is -0.123. The maximum absolute atomic E-state index is 12.5. The molecule has 0 aromatic heterocycles. The molecule has 0 saturated heterocycles. The van der Waals surface area contributed by atoms with E-state index in [0.717, 1.165) is 16.7 Å². The molecule has 1 amide bonds. The van der Waals surface area contributed by atoms with Gasteiger partial charge in [0.1, 0.15) is 0 Å². The number of amides is 1. The Morgan fingerprint density at radius 2 is 1.77 bits per heavy atom. The molecule has 2 unspecified atom stereocenters. The Morgan fingerprint density at radius 1 is 1.09 bits per heavy atom. The monoisotopic (exact) mass is 297 g/mol. The van der Waals surface area contributed by atoms with E-state index in [2.05, 4.69) is 5.32 Å². The Labute approximate surface area is 132 Å². The van der Waals surface area contributed by atoms with Gasteiger partial charge in [0.2, 0.25) is 5.91 Å². The topological polar surface area (TPSA) is 49.3 Å². The van der Waals surface area contributed by atoms with Gasteiger partial charge in [-0.3, -0.25) is 4.79 Å². The van der Waals surface area contributed by atoms with Crippen molar-refractivity contribution in [1.29, 1.82) is 0 Å². The number of aliphatic hydroxyl groups excluding tert-OH is 1. The highest BCUT2D eigenvalue weighted by atomic mass is 16.3. The van der Waals surface area contributed by atoms with E-state index >= 15 is 0 Å². The molecule has 2 aromatic rings. The second kappa shape index (κ2) is 7.76. The van der Waals surface area contributed by atoms with E-state index < -0.39 is 0 Å². The lowest BCUT2D eigenvalue weighted by Gasteiger charge is -2.21. The van der Waals surface area contributed by atoms with Gasteiger partial charge in [-0.05, 0) is 31.4 Å². The van der Waals surface area contributed by atoms with E-state index in [1.807, 2.05) is 68.4 Å². The van der Waals surface area contributed by atoms with Crippen molar-refractivity contribution in [3.05, 3.63) is 71.3 Å². The summed E-state index contributed by atoms with van der Waals surface area (Å²) < 4.78 is 0. The second-order valence-corrected chi connectivity index (χ2v) is 5.62. The van der Waals surface area contributed by atoms with Gasteiger partial charge in [0.15, 0.2) is 0 Å². The minimum atomic E-state index is -0.218. The average molecular weight is 297 g/mol. The van der Waals surface area contributed by atoms with Crippen molar-refractivity contribution in [2.75, 3.05) is 6.61 Å². The van der Waals surface area contributed by atoms with Gasteiger partial charge in [-0.25, -0.2) is 0 Å². The molecule has 0 bridgehead atoms. The van der Waals surface area contributed by atoms with Gasteiger partial charge in [-0.15, -0.1) is 0 Å². The highest BCUT2D eigenvalue weighted by molar-refractivity contribution is 5.83. The highest BCUT2D eigenvalue weighted by Crippen LogP contribution is 2.21. The summed E-state index contributed by atoms with van der Waals surface area (Å²) in [5.41, 5.74) is 3.17. The third-order valence-corrected chi connectivity index (χ3v) is 3.87. The second-order valence-electron chi connectivity index (χ2n) is 5.62. The van der Waals surface area contributed by atoms with Crippen molar-refractivity contribution in [3.8, 4) is 0 Å². The third kappa shape index (κ3) is 4.18. The van der Waals surface area contributed by atoms with Gasteiger partial charge < -0.3 is 10.4 Å². The first-order valence-corrected chi connectivity index (χ1v) is 7.64. The van der Waals surface area contributed by atoms with E-state index in [4.69, 9.17) is 0 Å². The standard InChI is InChI=1S/C19H23NO2/c1-14-7-6-10-17(13-14)15(2)19(22)20-18(11-12-21)16-8-4-3-5-9-16/h3-10,13,15,18,21H,11-12H2,1-2H3,(H,20,22). The number of carbonyl (C=O) groups excluding carboxylic acids is 1. The van der Waals surface area contributed by atoms with E-state index in [1.165, 1.54) is 0 Å². The van der Waals surface area contributed by atoms with Crippen LogP contribution in [-0.2, 0) is 4.79 Å². The lowest BCUT2D eigenvalue weighted by atomic mass is 9.97. The molecule has 0 fully saturated rings. The number of aryl methyl sites for hydroxylation is 1. The normalized spacial score (nSPS) is 13.4. The molecule has 2 rings (SSSR count). The Bertz CT molecular complexity index is 610. The Hall–Kier alpha value is -2.13. The maximum atomic E-state index is 12.5. The molecule has 0 aliphatic heterocycles. The Kier molecular flexibility index (Phi) is 5.73. The van der Waals surface area contributed by atoms with E-state index in [0.29, 0.717) is 6.42 Å². The molecule has 0 aliphatic carbocycles. The van der Waals surface area contributed by atoms with Crippen LogP contribution < -0.4 is 5.32 Å². The first-order chi connectivity index (χ1) is 10.6. The number of rotatable bonds is 6. The van der Waals surface area contributed by atoms with Gasteiger partial charge in [-0.2, -0.15) is 0 Å². The molecule has 2 atom stereocenters. The first kappa shape index (κ1) is 16.2. The highest BCUT2D eigenvalue weighted by Gasteiger charge is 2.20. The summed E-state index contributed by atoms with van der Waals surface area (Å²) in [4.78, 5) is 12.5. The van der Waals surface area contributed by atoms with Crippen LogP contribution >= 0.6 is 0 Å². The van der Waals surface area contributed by atoms with Crippen molar-refractivity contribution < 1.29 is 9.90 Å². The van der Waals surface area contributed by atoms with Crippen LogP contribution in [0.4, 0.5) is 0 Å². The largest absolute Gasteiger partial charge is 0.396 e. The van der Waals surface area contributed by atoms with Crippen LogP contribution in [0.25, 0.3) is 0 Å². The molecule has 2 aromatic carbocycles. The molecule has 116 valence electrons. The maximum Gasteiger partial charge on any atom is 0.227 e. The fourth-order valence-corrected chi connectivity index (χ4v) is 2.52. The first-order valence-electron chi connectivity index (χ1n) is 7.64. The van der Waals surface area contributed by atoms with E-state index in [1.54, 1.807) is 0 Å². The van der Waals surface area contributed by atoms with Crippen LogP contribution in [-0.4, -0.2) is 17.6 Å². The van der Waals surface area contributed by atoms with Crippen LogP contribution in [0.15, 0.2) is 54.6 Å². The van der Waals surface area contributed by atoms with Crippen molar-refractivity contribution >= 4 is 5.91 Å². The zero-order valence-electron chi connectivity index (χ0n) is 13.1. The predicted molar refractivity (Wildman–Crippen MR) is 88.6 cm³/mol. The quantitative estimate of drug-likeness (QED) is 0.859. The number of nitrogens with one attached hydrogen (secondary N) is 1. The summed E-state index contributed by atoms with van der Waals surface area (Å²) in [7, 11) is 0. The molecule has 3 nitrogen and oxygen atoms in total. The van der Waals surface area contributed by atoms with Gasteiger partial charge in [-0.1, -0.05) is 60.2 Å². The molecule has 22 heavy (non-hydrogen) atoms. The average Bonchev–Trinajstić information content (AvgIpc) is 2.54. The molecule has 3 heteroatoms. The molecule has 2 N–H and O–H groups in total. The molecule has 0 heterocycles. The van der Waals surface area contributed by atoms with Crippen molar-refractivity contribution in [3.63, 3.8) is 0 Å². The number of hydrogen-bond donors (Lipinski definition) is 2. The van der Waals surface area contributed by atoms with Crippen LogP contribution in [0.3, 0.4) is 0 Å². The lowest BCUT2D eigenvalue weighted by Crippen LogP contribution is -2.32. The van der Waals surface area contributed by atoms with Crippen LogP contribution in [0, 0.1) is 6.92 Å². The zero-order chi connectivity index (χ0) is 15.9. The molecule has 0 saturated carbocycles. The third-order valence-electron chi connectivity index (χ3n) is 3.87. The smallest absolute Gasteiger partial charge is 0.227 e. The number of benzene rings is 2. The molecular formula is C19H23NO2. The minimum Gasteiger partial charge on any atom is -0.396 e. The van der Waals surface area contributed by atoms with Crippen molar-refractivity contribution in [1.82, 2.24) is 5.32 Å². The van der Waals surface area contributed by atoms with Crippen LogP contribution in [0.2, 0.25) is 0 Å². The molecule has 0 aliphatic rings. The van der Waals surface area contributed by atoms with Gasteiger partial charge in [0, 0.05) is 6.61 Å². The molecule has 0 spiro atoms. The fourth-order valence-electron chi connectivity index (χ4n) is 2.52. The number of hydrogen-bond acceptors (Lipinski definition) is 2. The molecular weight excluding hydrogens is 274 g/mol. The summed E-state index contributed by atoms with van der Waals surface area (Å²) in [6.45, 7) is 3.97. The molecule has 0 radical (unpaired) electrons.